The Bertz CT molecular complexity index is 170. The van der Waals surface area contributed by atoms with Gasteiger partial charge in [-0.3, -0.25) is 0 Å². The third kappa shape index (κ3) is 6.98. The van der Waals surface area contributed by atoms with Gasteiger partial charge in [0.2, 0.25) is 0 Å². The number of nitrogens with zero attached hydrogens (tertiary/aromatic N) is 2. The Morgan fingerprint density at radius 2 is 1.44 bits per heavy atom. The van der Waals surface area contributed by atoms with Crippen molar-refractivity contribution in [3.63, 3.8) is 0 Å². The first-order chi connectivity index (χ1) is 4.41. The molecule has 0 amide bonds. The van der Waals surface area contributed by atoms with Gasteiger partial charge in [-0.15, -0.1) is 0 Å². The summed E-state index contributed by atoms with van der Waals surface area (Å²) in [6.07, 6.45) is 2.84. The first kappa shape index (κ1) is 7.98. The number of nitriles is 2. The summed E-state index contributed by atoms with van der Waals surface area (Å²) in [6, 6.07) is 3.73. The molecule has 0 aromatic carbocycles. The molecule has 0 aromatic rings. The van der Waals surface area contributed by atoms with E-state index < -0.39 is 0 Å². The van der Waals surface area contributed by atoms with Gasteiger partial charge in [-0.1, -0.05) is 0 Å². The topological polar surface area (TPSA) is 47.6 Å². The van der Waals surface area contributed by atoms with Crippen LogP contribution in [0.5, 0.6) is 0 Å². The van der Waals surface area contributed by atoms with Gasteiger partial charge in [0, 0.05) is 0 Å². The Hall–Kier alpha value is -1.02. The molecule has 0 aliphatic carbocycles. The SMILES string of the molecule is N#C/C=C/[Se]/C=C/C#N. The Balaban J connectivity index is 3.35. The molecule has 0 bridgehead atoms. The van der Waals surface area contributed by atoms with Gasteiger partial charge in [-0.2, -0.15) is 0 Å². The molecule has 0 saturated carbocycles. The standard InChI is InChI=1S/C6H4N2Se/c7-3-1-5-9-6-2-4-8/h1-2,5-6H/b5-1+,6-2+. The van der Waals surface area contributed by atoms with E-state index in [2.05, 4.69) is 0 Å². The second kappa shape index (κ2) is 6.98. The predicted octanol–water partition coefficient (Wildman–Crippen LogP) is 0.765. The molecule has 0 aliphatic heterocycles. The first-order valence-electron chi connectivity index (χ1n) is 2.16. The molecule has 2 nitrogen and oxygen atoms in total. The summed E-state index contributed by atoms with van der Waals surface area (Å²) in [5.41, 5.74) is 0. The Morgan fingerprint density at radius 3 is 1.78 bits per heavy atom. The molecule has 0 N–H and O–H groups in total. The van der Waals surface area contributed by atoms with Crippen molar-refractivity contribution in [3.05, 3.63) is 22.1 Å². The molecule has 0 heterocycles. The van der Waals surface area contributed by atoms with Crippen LogP contribution in [0, 0.1) is 22.7 Å². The van der Waals surface area contributed by atoms with Crippen LogP contribution in [0.1, 0.15) is 0 Å². The van der Waals surface area contributed by atoms with Crippen LogP contribution >= 0.6 is 0 Å². The fraction of sp³-hybridized carbons (Fsp3) is 0. The van der Waals surface area contributed by atoms with Crippen LogP contribution in [0.15, 0.2) is 22.1 Å². The normalized spacial score (nSPS) is 9.56. The average molecular weight is 183 g/mol. The summed E-state index contributed by atoms with van der Waals surface area (Å²) in [4.78, 5) is 3.50. The molecule has 0 spiro atoms. The van der Waals surface area contributed by atoms with Crippen molar-refractivity contribution >= 4 is 15.0 Å². The van der Waals surface area contributed by atoms with Crippen molar-refractivity contribution in [2.24, 2.45) is 0 Å². The van der Waals surface area contributed by atoms with E-state index in [9.17, 15) is 0 Å². The molecule has 0 radical (unpaired) electrons. The van der Waals surface area contributed by atoms with E-state index in [1.54, 1.807) is 9.95 Å². The predicted molar refractivity (Wildman–Crippen MR) is 35.3 cm³/mol. The van der Waals surface area contributed by atoms with E-state index in [1.807, 2.05) is 12.1 Å². The van der Waals surface area contributed by atoms with Gasteiger partial charge in [0.1, 0.15) is 0 Å². The van der Waals surface area contributed by atoms with Crippen LogP contribution in [-0.2, 0) is 0 Å². The Kier molecular flexibility index (Phi) is 6.19. The molecule has 0 aromatic heterocycles. The van der Waals surface area contributed by atoms with E-state index in [1.165, 1.54) is 12.2 Å². The molecular weight excluding hydrogens is 179 g/mol. The minimum absolute atomic E-state index is 0.172. The van der Waals surface area contributed by atoms with Crippen molar-refractivity contribution in [3.8, 4) is 12.1 Å². The van der Waals surface area contributed by atoms with Crippen LogP contribution in [0.2, 0.25) is 0 Å². The van der Waals surface area contributed by atoms with Crippen molar-refractivity contribution in [1.29, 1.82) is 10.5 Å². The maximum atomic E-state index is 8.01. The maximum absolute atomic E-state index is 8.01. The summed E-state index contributed by atoms with van der Waals surface area (Å²) in [5.74, 6) is 0. The van der Waals surface area contributed by atoms with Crippen molar-refractivity contribution in [1.82, 2.24) is 0 Å². The zero-order valence-corrected chi connectivity index (χ0v) is 6.33. The van der Waals surface area contributed by atoms with E-state index in [-0.39, 0.29) is 15.0 Å². The second-order valence-corrected chi connectivity index (χ2v) is 2.71. The fourth-order valence-electron chi connectivity index (χ4n) is 0.185. The van der Waals surface area contributed by atoms with Crippen molar-refractivity contribution < 1.29 is 0 Å². The number of allylic oxidation sites excluding steroid dienone is 2. The van der Waals surface area contributed by atoms with Gasteiger partial charge in [-0.25, -0.2) is 0 Å². The average Bonchev–Trinajstić information content (AvgIpc) is 1.89. The van der Waals surface area contributed by atoms with Crippen LogP contribution < -0.4 is 0 Å². The monoisotopic (exact) mass is 184 g/mol. The number of hydrogen-bond acceptors (Lipinski definition) is 2. The summed E-state index contributed by atoms with van der Waals surface area (Å²) in [7, 11) is 0. The van der Waals surface area contributed by atoms with Gasteiger partial charge < -0.3 is 0 Å². The molecule has 0 atom stereocenters. The van der Waals surface area contributed by atoms with E-state index in [0.717, 1.165) is 0 Å². The van der Waals surface area contributed by atoms with Crippen LogP contribution in [0.3, 0.4) is 0 Å². The molecule has 9 heavy (non-hydrogen) atoms. The van der Waals surface area contributed by atoms with Gasteiger partial charge in [0.05, 0.1) is 0 Å². The van der Waals surface area contributed by atoms with Gasteiger partial charge in [0.25, 0.3) is 0 Å². The fourth-order valence-corrected chi connectivity index (χ4v) is 0.960. The first-order valence-corrected chi connectivity index (χ1v) is 4.14. The van der Waals surface area contributed by atoms with E-state index in [4.69, 9.17) is 10.5 Å². The van der Waals surface area contributed by atoms with Crippen LogP contribution in [0.25, 0.3) is 0 Å². The number of rotatable bonds is 2. The summed E-state index contributed by atoms with van der Waals surface area (Å²) < 4.78 is 0. The second-order valence-electron chi connectivity index (χ2n) is 1.000. The van der Waals surface area contributed by atoms with Crippen molar-refractivity contribution in [2.45, 2.75) is 0 Å². The molecule has 0 saturated heterocycles. The molecule has 44 valence electrons. The molecule has 0 aliphatic rings. The zero-order valence-electron chi connectivity index (χ0n) is 4.61. The molecule has 0 unspecified atom stereocenters. The molecule has 0 fully saturated rings. The van der Waals surface area contributed by atoms with Gasteiger partial charge in [-0.05, 0) is 0 Å². The summed E-state index contributed by atoms with van der Waals surface area (Å²) in [6.45, 7) is 0. The van der Waals surface area contributed by atoms with E-state index >= 15 is 0 Å². The third-order valence-corrected chi connectivity index (χ3v) is 1.67. The minimum atomic E-state index is 0.172. The third-order valence-electron chi connectivity index (χ3n) is 0.442. The zero-order chi connectivity index (χ0) is 6.95. The van der Waals surface area contributed by atoms with Crippen LogP contribution in [-0.4, -0.2) is 15.0 Å². The van der Waals surface area contributed by atoms with E-state index in [0.29, 0.717) is 0 Å². The molecule has 0 rings (SSSR count). The van der Waals surface area contributed by atoms with Gasteiger partial charge >= 0.3 is 59.7 Å². The summed E-state index contributed by atoms with van der Waals surface area (Å²) in [5, 5.41) is 16.0. The Labute approximate surface area is 60.3 Å². The number of hydrogen-bond donors (Lipinski definition) is 0. The van der Waals surface area contributed by atoms with Gasteiger partial charge in [0.15, 0.2) is 0 Å². The van der Waals surface area contributed by atoms with Crippen LogP contribution in [0.4, 0.5) is 0 Å². The molecule has 3 heteroatoms. The Morgan fingerprint density at radius 1 is 1.00 bits per heavy atom. The summed E-state index contributed by atoms with van der Waals surface area (Å²) >= 11 is 0.172. The van der Waals surface area contributed by atoms with Crippen molar-refractivity contribution in [2.75, 3.05) is 0 Å². The molecular formula is C6H4N2Se. The quantitative estimate of drug-likeness (QED) is 0.468.